The molecule has 0 radical (unpaired) electrons. The zero-order valence-corrected chi connectivity index (χ0v) is 12.7. The van der Waals surface area contributed by atoms with E-state index in [9.17, 15) is 4.79 Å². The van der Waals surface area contributed by atoms with Crippen molar-refractivity contribution in [2.75, 3.05) is 13.1 Å². The van der Waals surface area contributed by atoms with Gasteiger partial charge in [0.05, 0.1) is 0 Å². The molecule has 0 spiro atoms. The van der Waals surface area contributed by atoms with Gasteiger partial charge in [-0.2, -0.15) is 0 Å². The van der Waals surface area contributed by atoms with Crippen LogP contribution in [0.25, 0.3) is 0 Å². The maximum Gasteiger partial charge on any atom is 0.226 e. The lowest BCUT2D eigenvalue weighted by molar-refractivity contribution is -0.129. The lowest BCUT2D eigenvalue weighted by Gasteiger charge is -2.24. The van der Waals surface area contributed by atoms with E-state index in [-0.39, 0.29) is 5.91 Å². The van der Waals surface area contributed by atoms with Crippen LogP contribution < -0.4 is 10.6 Å². The number of fused-ring (bicyclic) bond motifs is 1. The summed E-state index contributed by atoms with van der Waals surface area (Å²) in [5, 5.41) is 7.29. The van der Waals surface area contributed by atoms with Crippen LogP contribution in [0.2, 0.25) is 5.02 Å². The van der Waals surface area contributed by atoms with Crippen LogP contribution in [-0.4, -0.2) is 25.0 Å². The molecule has 4 heteroatoms. The Hall–Kier alpha value is -1.06. The Morgan fingerprint density at radius 3 is 2.75 bits per heavy atom. The highest BCUT2D eigenvalue weighted by atomic mass is 35.5. The first-order valence-electron chi connectivity index (χ1n) is 7.23. The van der Waals surface area contributed by atoms with Crippen molar-refractivity contribution in [1.82, 2.24) is 10.6 Å². The van der Waals surface area contributed by atoms with E-state index in [2.05, 4.69) is 10.6 Å². The summed E-state index contributed by atoms with van der Waals surface area (Å²) in [7, 11) is 0. The minimum absolute atomic E-state index is 0.150. The number of benzene rings is 1. The Labute approximate surface area is 125 Å². The summed E-state index contributed by atoms with van der Waals surface area (Å²) >= 11 is 6.00. The number of nitrogens with one attached hydrogen (secondary N) is 2. The lowest BCUT2D eigenvalue weighted by atomic mass is 9.84. The molecule has 2 aliphatic rings. The van der Waals surface area contributed by atoms with E-state index in [4.69, 9.17) is 11.6 Å². The predicted octanol–water partition coefficient (Wildman–Crippen LogP) is 2.24. The minimum Gasteiger partial charge on any atom is -0.352 e. The molecule has 1 aliphatic carbocycles. The molecular weight excluding hydrogens is 272 g/mol. The fraction of sp³-hybridized carbons (Fsp3) is 0.562. The standard InChI is InChI=1S/C16H21ClN2O/c1-16(2,7-10-4-3-5-11(17)6-10)15(20)19-14-12-8-18-9-13(12)14/h3-6,12-14,18H,7-9H2,1-2H3,(H,19,20)/t12-,13+,14?. The molecule has 1 heterocycles. The molecule has 0 bridgehead atoms. The fourth-order valence-electron chi connectivity index (χ4n) is 3.22. The molecule has 0 aromatic heterocycles. The van der Waals surface area contributed by atoms with Gasteiger partial charge in [-0.3, -0.25) is 4.79 Å². The average Bonchev–Trinajstić information content (AvgIpc) is 2.82. The number of halogens is 1. The van der Waals surface area contributed by atoms with Crippen LogP contribution in [0.4, 0.5) is 0 Å². The van der Waals surface area contributed by atoms with Gasteiger partial charge in [0.15, 0.2) is 0 Å². The molecule has 3 nitrogen and oxygen atoms in total. The Bertz CT molecular complexity index is 519. The van der Waals surface area contributed by atoms with E-state index in [0.29, 0.717) is 24.3 Å². The number of carbonyl (C=O) groups excluding carboxylic acids is 1. The Morgan fingerprint density at radius 1 is 1.40 bits per heavy atom. The molecule has 2 N–H and O–H groups in total. The second-order valence-corrected chi connectivity index (χ2v) is 7.11. The van der Waals surface area contributed by atoms with Crippen LogP contribution in [0.3, 0.4) is 0 Å². The molecule has 1 saturated heterocycles. The molecule has 1 aromatic carbocycles. The van der Waals surface area contributed by atoms with E-state index >= 15 is 0 Å². The largest absolute Gasteiger partial charge is 0.352 e. The number of carbonyl (C=O) groups is 1. The van der Waals surface area contributed by atoms with Gasteiger partial charge >= 0.3 is 0 Å². The quantitative estimate of drug-likeness (QED) is 0.894. The van der Waals surface area contributed by atoms with Crippen LogP contribution >= 0.6 is 11.6 Å². The van der Waals surface area contributed by atoms with Crippen molar-refractivity contribution in [2.24, 2.45) is 17.3 Å². The first-order valence-corrected chi connectivity index (χ1v) is 7.61. The first-order chi connectivity index (χ1) is 9.47. The van der Waals surface area contributed by atoms with Crippen molar-refractivity contribution in [3.63, 3.8) is 0 Å². The summed E-state index contributed by atoms with van der Waals surface area (Å²) in [5.74, 6) is 1.46. The van der Waals surface area contributed by atoms with Gasteiger partial charge in [-0.25, -0.2) is 0 Å². The summed E-state index contributed by atoms with van der Waals surface area (Å²) in [5.41, 5.74) is 0.699. The summed E-state index contributed by atoms with van der Waals surface area (Å²) < 4.78 is 0. The molecule has 1 unspecified atom stereocenters. The maximum atomic E-state index is 12.5. The van der Waals surface area contributed by atoms with Gasteiger partial charge < -0.3 is 10.6 Å². The summed E-state index contributed by atoms with van der Waals surface area (Å²) in [6.45, 7) is 6.09. The Kier molecular flexibility index (Phi) is 3.51. The van der Waals surface area contributed by atoms with Gasteiger partial charge in [0.1, 0.15) is 0 Å². The Balaban J connectivity index is 1.61. The summed E-state index contributed by atoms with van der Waals surface area (Å²) in [6, 6.07) is 8.14. The number of hydrogen-bond donors (Lipinski definition) is 2. The van der Waals surface area contributed by atoms with Crippen molar-refractivity contribution in [1.29, 1.82) is 0 Å². The van der Waals surface area contributed by atoms with Crippen LogP contribution in [0, 0.1) is 17.3 Å². The van der Waals surface area contributed by atoms with E-state index in [1.165, 1.54) is 0 Å². The van der Waals surface area contributed by atoms with Gasteiger partial charge in [-0.1, -0.05) is 37.6 Å². The fourth-order valence-corrected chi connectivity index (χ4v) is 3.43. The van der Waals surface area contributed by atoms with Crippen LogP contribution in [0.1, 0.15) is 19.4 Å². The highest BCUT2D eigenvalue weighted by Gasteiger charge is 2.54. The molecule has 1 aliphatic heterocycles. The zero-order valence-electron chi connectivity index (χ0n) is 11.9. The van der Waals surface area contributed by atoms with Crippen LogP contribution in [-0.2, 0) is 11.2 Å². The third-order valence-corrected chi connectivity index (χ3v) is 4.77. The highest BCUT2D eigenvalue weighted by Crippen LogP contribution is 2.42. The third-order valence-electron chi connectivity index (χ3n) is 4.54. The molecule has 1 aromatic rings. The zero-order chi connectivity index (χ0) is 14.3. The van der Waals surface area contributed by atoms with Gasteiger partial charge in [-0.15, -0.1) is 0 Å². The average molecular weight is 293 g/mol. The van der Waals surface area contributed by atoms with Crippen molar-refractivity contribution in [2.45, 2.75) is 26.3 Å². The first kappa shape index (κ1) is 13.9. The van der Waals surface area contributed by atoms with E-state index in [0.717, 1.165) is 23.7 Å². The van der Waals surface area contributed by atoms with Gasteiger partial charge in [0, 0.05) is 29.6 Å². The second-order valence-electron chi connectivity index (χ2n) is 6.68. The molecular formula is C16H21ClN2O. The summed E-state index contributed by atoms with van der Waals surface area (Å²) in [4.78, 5) is 12.5. The molecule has 3 rings (SSSR count). The molecule has 108 valence electrons. The number of rotatable bonds is 4. The maximum absolute atomic E-state index is 12.5. The van der Waals surface area contributed by atoms with Crippen molar-refractivity contribution < 1.29 is 4.79 Å². The SMILES string of the molecule is CC(C)(Cc1cccc(Cl)c1)C(=O)NC1[C@H]2CNC[C@@H]12. The molecule has 1 amide bonds. The van der Waals surface area contributed by atoms with Gasteiger partial charge in [-0.05, 0) is 36.0 Å². The van der Waals surface area contributed by atoms with Crippen LogP contribution in [0.5, 0.6) is 0 Å². The third kappa shape index (κ3) is 2.70. The number of hydrogen-bond acceptors (Lipinski definition) is 2. The molecule has 3 atom stereocenters. The normalized spacial score (nSPS) is 28.1. The summed E-state index contributed by atoms with van der Waals surface area (Å²) in [6.07, 6.45) is 0.708. The second kappa shape index (κ2) is 5.05. The monoisotopic (exact) mass is 292 g/mol. The van der Waals surface area contributed by atoms with E-state index < -0.39 is 5.41 Å². The van der Waals surface area contributed by atoms with Crippen molar-refractivity contribution >= 4 is 17.5 Å². The predicted molar refractivity (Wildman–Crippen MR) is 80.7 cm³/mol. The Morgan fingerprint density at radius 2 is 2.10 bits per heavy atom. The van der Waals surface area contributed by atoms with E-state index in [1.54, 1.807) is 0 Å². The topological polar surface area (TPSA) is 41.1 Å². The van der Waals surface area contributed by atoms with Crippen molar-refractivity contribution in [3.8, 4) is 0 Å². The van der Waals surface area contributed by atoms with Crippen LogP contribution in [0.15, 0.2) is 24.3 Å². The van der Waals surface area contributed by atoms with Gasteiger partial charge in [0.2, 0.25) is 5.91 Å². The van der Waals surface area contributed by atoms with Gasteiger partial charge in [0.25, 0.3) is 0 Å². The minimum atomic E-state index is -0.408. The molecule has 2 fully saturated rings. The van der Waals surface area contributed by atoms with E-state index in [1.807, 2.05) is 38.1 Å². The van der Waals surface area contributed by atoms with Crippen molar-refractivity contribution in [3.05, 3.63) is 34.9 Å². The number of piperidine rings is 1. The number of amides is 1. The smallest absolute Gasteiger partial charge is 0.226 e. The molecule has 1 saturated carbocycles. The highest BCUT2D eigenvalue weighted by molar-refractivity contribution is 6.30. The molecule has 20 heavy (non-hydrogen) atoms. The lowest BCUT2D eigenvalue weighted by Crippen LogP contribution is -2.42.